The molecule has 1 amide bonds. The quantitative estimate of drug-likeness (QED) is 0.858. The van der Waals surface area contributed by atoms with Gasteiger partial charge < -0.3 is 19.5 Å². The molecule has 0 aromatic heterocycles. The number of fused-ring (bicyclic) bond motifs is 1. The Morgan fingerprint density at radius 3 is 2.64 bits per heavy atom. The van der Waals surface area contributed by atoms with Gasteiger partial charge in [0.15, 0.2) is 29.7 Å². The van der Waals surface area contributed by atoms with E-state index < -0.39 is 36.2 Å². The second-order valence-electron chi connectivity index (χ2n) is 5.15. The van der Waals surface area contributed by atoms with Crippen LogP contribution in [-0.2, 0) is 14.3 Å². The van der Waals surface area contributed by atoms with Crippen LogP contribution in [0, 0.1) is 11.6 Å². The van der Waals surface area contributed by atoms with Crippen LogP contribution in [0.5, 0.6) is 11.5 Å². The average molecular weight is 349 g/mol. The molecule has 6 nitrogen and oxygen atoms in total. The molecule has 1 unspecified atom stereocenters. The molecule has 1 aliphatic heterocycles. The van der Waals surface area contributed by atoms with Crippen LogP contribution in [0.1, 0.15) is 0 Å². The number of hydrogen-bond acceptors (Lipinski definition) is 5. The minimum Gasteiger partial charge on any atom is -0.485 e. The molecule has 8 heteroatoms. The Morgan fingerprint density at radius 1 is 1.12 bits per heavy atom. The number of amides is 1. The van der Waals surface area contributed by atoms with E-state index in [1.165, 1.54) is 6.07 Å². The maximum Gasteiger partial charge on any atom is 0.351 e. The third kappa shape index (κ3) is 4.03. The molecule has 0 saturated carbocycles. The van der Waals surface area contributed by atoms with Crippen molar-refractivity contribution in [3.05, 3.63) is 54.1 Å². The maximum atomic E-state index is 13.1. The van der Waals surface area contributed by atoms with Gasteiger partial charge in [0, 0.05) is 11.8 Å². The Hall–Kier alpha value is -3.16. The molecule has 0 aliphatic carbocycles. The van der Waals surface area contributed by atoms with Gasteiger partial charge in [0.05, 0.1) is 0 Å². The fourth-order valence-corrected chi connectivity index (χ4v) is 2.14. The Labute approximate surface area is 141 Å². The van der Waals surface area contributed by atoms with Crippen molar-refractivity contribution < 1.29 is 32.6 Å². The third-order valence-electron chi connectivity index (χ3n) is 3.32. The van der Waals surface area contributed by atoms with E-state index in [-0.39, 0.29) is 12.3 Å². The standard InChI is InChI=1S/C17H13F2NO5/c18-11-6-5-10(7-12(11)19)20-16(21)9-24-17(22)15-8-23-13-3-1-2-4-14(13)25-15/h1-7,15H,8-9H2,(H,20,21). The molecule has 0 bridgehead atoms. The highest BCUT2D eigenvalue weighted by atomic mass is 19.2. The van der Waals surface area contributed by atoms with Gasteiger partial charge in [-0.05, 0) is 24.3 Å². The molecule has 1 atom stereocenters. The fourth-order valence-electron chi connectivity index (χ4n) is 2.14. The lowest BCUT2D eigenvalue weighted by molar-refractivity contribution is -0.156. The summed E-state index contributed by atoms with van der Waals surface area (Å²) in [5.74, 6) is -2.67. The van der Waals surface area contributed by atoms with Crippen molar-refractivity contribution in [2.24, 2.45) is 0 Å². The highest BCUT2D eigenvalue weighted by Crippen LogP contribution is 2.31. The van der Waals surface area contributed by atoms with Crippen LogP contribution >= 0.6 is 0 Å². The molecule has 0 fully saturated rings. The van der Waals surface area contributed by atoms with Gasteiger partial charge in [-0.25, -0.2) is 13.6 Å². The van der Waals surface area contributed by atoms with Crippen molar-refractivity contribution in [2.75, 3.05) is 18.5 Å². The van der Waals surface area contributed by atoms with Crippen LogP contribution < -0.4 is 14.8 Å². The number of halogens is 2. The van der Waals surface area contributed by atoms with Crippen molar-refractivity contribution in [1.82, 2.24) is 0 Å². The number of rotatable bonds is 4. The predicted octanol–water partition coefficient (Wildman–Crippen LogP) is 2.29. The van der Waals surface area contributed by atoms with Gasteiger partial charge in [0.1, 0.15) is 6.61 Å². The Bertz CT molecular complexity index is 811. The van der Waals surface area contributed by atoms with E-state index in [1.807, 2.05) is 0 Å². The second kappa shape index (κ2) is 7.16. The number of nitrogens with one attached hydrogen (secondary N) is 1. The molecule has 2 aromatic carbocycles. The Morgan fingerprint density at radius 2 is 1.88 bits per heavy atom. The summed E-state index contributed by atoms with van der Waals surface area (Å²) in [4.78, 5) is 23.7. The molecule has 0 radical (unpaired) electrons. The first-order valence-corrected chi connectivity index (χ1v) is 7.33. The zero-order valence-corrected chi connectivity index (χ0v) is 12.8. The number of anilines is 1. The number of carbonyl (C=O) groups is 2. The van der Waals surface area contributed by atoms with Crippen molar-refractivity contribution in [3.63, 3.8) is 0 Å². The number of benzene rings is 2. The molecule has 2 aromatic rings. The first kappa shape index (κ1) is 16.7. The zero-order valence-electron chi connectivity index (χ0n) is 12.8. The maximum absolute atomic E-state index is 13.1. The van der Waals surface area contributed by atoms with E-state index in [2.05, 4.69) is 5.32 Å². The number of hydrogen-bond donors (Lipinski definition) is 1. The monoisotopic (exact) mass is 349 g/mol. The normalized spacial score (nSPS) is 15.4. The summed E-state index contributed by atoms with van der Waals surface area (Å²) >= 11 is 0. The van der Waals surface area contributed by atoms with E-state index in [0.29, 0.717) is 11.5 Å². The molecule has 0 saturated heterocycles. The molecule has 130 valence electrons. The zero-order chi connectivity index (χ0) is 17.8. The average Bonchev–Trinajstić information content (AvgIpc) is 2.62. The highest BCUT2D eigenvalue weighted by Gasteiger charge is 2.29. The van der Waals surface area contributed by atoms with Crippen LogP contribution in [0.4, 0.5) is 14.5 Å². The van der Waals surface area contributed by atoms with Gasteiger partial charge in [0.2, 0.25) is 6.10 Å². The van der Waals surface area contributed by atoms with E-state index in [0.717, 1.165) is 12.1 Å². The van der Waals surface area contributed by atoms with Gasteiger partial charge in [0.25, 0.3) is 5.91 Å². The van der Waals surface area contributed by atoms with Crippen molar-refractivity contribution in [2.45, 2.75) is 6.10 Å². The summed E-state index contributed by atoms with van der Waals surface area (Å²) in [6.45, 7) is -0.639. The molecule has 1 aliphatic rings. The molecular weight excluding hydrogens is 336 g/mol. The third-order valence-corrected chi connectivity index (χ3v) is 3.32. The second-order valence-corrected chi connectivity index (χ2v) is 5.15. The number of esters is 1. The Balaban J connectivity index is 1.50. The van der Waals surface area contributed by atoms with Crippen LogP contribution in [0.15, 0.2) is 42.5 Å². The number of ether oxygens (including phenoxy) is 3. The summed E-state index contributed by atoms with van der Waals surface area (Å²) in [7, 11) is 0. The largest absolute Gasteiger partial charge is 0.485 e. The SMILES string of the molecule is O=C(COC(=O)C1COc2ccccc2O1)Nc1ccc(F)c(F)c1. The van der Waals surface area contributed by atoms with Gasteiger partial charge in [-0.15, -0.1) is 0 Å². The van der Waals surface area contributed by atoms with E-state index in [1.54, 1.807) is 24.3 Å². The lowest BCUT2D eigenvalue weighted by atomic mass is 10.2. The smallest absolute Gasteiger partial charge is 0.351 e. The van der Waals surface area contributed by atoms with E-state index in [4.69, 9.17) is 14.2 Å². The summed E-state index contributed by atoms with van der Waals surface area (Å²) in [5.41, 5.74) is 0.0473. The lowest BCUT2D eigenvalue weighted by Gasteiger charge is -2.24. The lowest BCUT2D eigenvalue weighted by Crippen LogP contribution is -2.39. The van der Waals surface area contributed by atoms with Gasteiger partial charge >= 0.3 is 5.97 Å². The molecular formula is C17H13F2NO5. The van der Waals surface area contributed by atoms with Crippen LogP contribution in [0.2, 0.25) is 0 Å². The fraction of sp³-hybridized carbons (Fsp3) is 0.176. The molecule has 25 heavy (non-hydrogen) atoms. The number of para-hydroxylation sites is 2. The van der Waals surface area contributed by atoms with Crippen LogP contribution in [0.3, 0.4) is 0 Å². The first-order chi connectivity index (χ1) is 12.0. The first-order valence-electron chi connectivity index (χ1n) is 7.33. The minimum absolute atomic E-state index is 0.0410. The molecule has 1 heterocycles. The summed E-state index contributed by atoms with van der Waals surface area (Å²) in [6, 6.07) is 9.73. The molecule has 1 N–H and O–H groups in total. The minimum atomic E-state index is -1.10. The van der Waals surface area contributed by atoms with Gasteiger partial charge in [-0.2, -0.15) is 0 Å². The number of carbonyl (C=O) groups excluding carboxylic acids is 2. The van der Waals surface area contributed by atoms with Crippen LogP contribution in [-0.4, -0.2) is 31.2 Å². The van der Waals surface area contributed by atoms with Crippen molar-refractivity contribution in [3.8, 4) is 11.5 Å². The van der Waals surface area contributed by atoms with Crippen LogP contribution in [0.25, 0.3) is 0 Å². The highest BCUT2D eigenvalue weighted by molar-refractivity contribution is 5.93. The predicted molar refractivity (Wildman–Crippen MR) is 82.3 cm³/mol. The van der Waals surface area contributed by atoms with Crippen molar-refractivity contribution >= 4 is 17.6 Å². The summed E-state index contributed by atoms with van der Waals surface area (Å²) in [5, 5.41) is 2.29. The van der Waals surface area contributed by atoms with E-state index in [9.17, 15) is 18.4 Å². The summed E-state index contributed by atoms with van der Waals surface area (Å²) in [6.07, 6.45) is -0.994. The summed E-state index contributed by atoms with van der Waals surface area (Å²) < 4.78 is 41.6. The molecule has 0 spiro atoms. The Kier molecular flexibility index (Phi) is 4.78. The molecule has 3 rings (SSSR count). The van der Waals surface area contributed by atoms with Gasteiger partial charge in [-0.3, -0.25) is 4.79 Å². The van der Waals surface area contributed by atoms with Crippen molar-refractivity contribution in [1.29, 1.82) is 0 Å². The van der Waals surface area contributed by atoms with Gasteiger partial charge in [-0.1, -0.05) is 12.1 Å². The van der Waals surface area contributed by atoms with E-state index >= 15 is 0 Å². The topological polar surface area (TPSA) is 73.9 Å².